The highest BCUT2D eigenvalue weighted by atomic mass is 16.6. The summed E-state index contributed by atoms with van der Waals surface area (Å²) >= 11 is 0. The molecule has 4 aromatic carbocycles. The lowest BCUT2D eigenvalue weighted by Crippen LogP contribution is -2.33. The van der Waals surface area contributed by atoms with Gasteiger partial charge in [-0.15, -0.1) is 0 Å². The second-order valence-electron chi connectivity index (χ2n) is 11.6. The van der Waals surface area contributed by atoms with E-state index in [9.17, 15) is 65.1 Å². The number of hydrogen-bond acceptors (Lipinski definition) is 14. The van der Waals surface area contributed by atoms with Gasteiger partial charge in [0.1, 0.15) is 12.0 Å². The molecule has 0 aliphatic carbocycles. The smallest absolute Gasteiger partial charge is 0.345 e. The predicted molar refractivity (Wildman–Crippen MR) is 175 cm³/mol. The van der Waals surface area contributed by atoms with Crippen molar-refractivity contribution in [3.8, 4) is 46.0 Å². The van der Waals surface area contributed by atoms with Crippen molar-refractivity contribution < 1.29 is 79.3 Å². The Kier molecular flexibility index (Phi) is 10.3. The lowest BCUT2D eigenvalue weighted by atomic mass is 9.87. The predicted octanol–water partition coefficient (Wildman–Crippen LogP) is 3.33. The first-order valence-electron chi connectivity index (χ1n) is 15.2. The molecule has 1 aliphatic heterocycles. The molecule has 270 valence electrons. The number of carbonyl (C=O) groups is 4. The third-order valence-electron chi connectivity index (χ3n) is 8.04. The minimum atomic E-state index is -1.84. The van der Waals surface area contributed by atoms with Gasteiger partial charge in [0.15, 0.2) is 46.0 Å². The number of ether oxygens (including phenoxy) is 3. The number of rotatable bonds is 12. The summed E-state index contributed by atoms with van der Waals surface area (Å²) in [5.74, 6) is -10.8. The normalized spacial score (nSPS) is 16.0. The number of phenols is 7. The van der Waals surface area contributed by atoms with E-state index in [0.29, 0.717) is 0 Å². The zero-order valence-electron chi connectivity index (χ0n) is 26.6. The molecule has 16 nitrogen and oxygen atoms in total. The van der Waals surface area contributed by atoms with E-state index in [1.165, 1.54) is 24.3 Å². The minimum Gasteiger partial charge on any atom is -0.504 e. The Morgan fingerprint density at radius 3 is 1.65 bits per heavy atom. The summed E-state index contributed by atoms with van der Waals surface area (Å²) in [6.45, 7) is 0. The largest absolute Gasteiger partial charge is 0.504 e. The molecule has 16 heteroatoms. The molecule has 1 aliphatic rings. The molecule has 1 heterocycles. The number of fused-ring (bicyclic) bond motifs is 1. The van der Waals surface area contributed by atoms with E-state index >= 15 is 0 Å². The molecule has 3 unspecified atom stereocenters. The molecule has 5 rings (SSSR count). The second-order valence-corrected chi connectivity index (χ2v) is 11.6. The van der Waals surface area contributed by atoms with Crippen molar-refractivity contribution in [2.75, 3.05) is 0 Å². The number of phenolic OH excluding ortho intramolecular Hbond substituents is 7. The van der Waals surface area contributed by atoms with Crippen LogP contribution in [-0.2, 0) is 41.5 Å². The summed E-state index contributed by atoms with van der Waals surface area (Å²) in [6, 6.07) is 13.0. The highest BCUT2D eigenvalue weighted by Gasteiger charge is 2.46. The fourth-order valence-electron chi connectivity index (χ4n) is 5.49. The van der Waals surface area contributed by atoms with Crippen LogP contribution < -0.4 is 4.74 Å². The monoisotopic (exact) mass is 718 g/mol. The van der Waals surface area contributed by atoms with Crippen molar-refractivity contribution in [2.24, 2.45) is 0 Å². The number of aromatic hydroxyl groups is 7. The van der Waals surface area contributed by atoms with Crippen LogP contribution in [0.5, 0.6) is 46.0 Å². The molecule has 0 fully saturated rings. The van der Waals surface area contributed by atoms with Gasteiger partial charge in [-0.25, -0.2) is 14.4 Å². The average molecular weight is 719 g/mol. The van der Waals surface area contributed by atoms with Crippen molar-refractivity contribution in [3.05, 3.63) is 101 Å². The van der Waals surface area contributed by atoms with Crippen molar-refractivity contribution >= 4 is 30.0 Å². The van der Waals surface area contributed by atoms with Gasteiger partial charge in [0.05, 0.1) is 0 Å². The van der Waals surface area contributed by atoms with E-state index in [1.54, 1.807) is 0 Å². The summed E-state index contributed by atoms with van der Waals surface area (Å²) in [6.07, 6.45) is -3.85. The van der Waals surface area contributed by atoms with E-state index in [1.807, 2.05) is 0 Å². The van der Waals surface area contributed by atoms with Gasteiger partial charge in [-0.3, -0.25) is 4.79 Å². The zero-order valence-corrected chi connectivity index (χ0v) is 26.6. The van der Waals surface area contributed by atoms with Gasteiger partial charge in [-0.05, 0) is 70.8 Å². The van der Waals surface area contributed by atoms with Gasteiger partial charge in [0, 0.05) is 24.5 Å². The van der Waals surface area contributed by atoms with E-state index in [0.717, 1.165) is 54.6 Å². The number of carboxylic acids is 2. The molecule has 4 aromatic rings. The number of carbonyl (C=O) groups excluding carboxylic acids is 2. The van der Waals surface area contributed by atoms with Gasteiger partial charge in [0.2, 0.25) is 12.2 Å². The quantitative estimate of drug-likeness (QED) is 0.0577. The van der Waals surface area contributed by atoms with Crippen LogP contribution in [0.1, 0.15) is 39.8 Å². The Balaban J connectivity index is 1.47. The lowest BCUT2D eigenvalue weighted by Gasteiger charge is -2.22. The molecule has 0 radical (unpaired) electrons. The highest BCUT2D eigenvalue weighted by Crippen LogP contribution is 2.53. The van der Waals surface area contributed by atoms with Gasteiger partial charge in [-0.1, -0.05) is 24.3 Å². The molecule has 0 spiro atoms. The number of hydrogen-bond donors (Lipinski definition) is 9. The third-order valence-corrected chi connectivity index (χ3v) is 8.04. The summed E-state index contributed by atoms with van der Waals surface area (Å²) in [7, 11) is 0. The van der Waals surface area contributed by atoms with Gasteiger partial charge >= 0.3 is 23.9 Å². The summed E-state index contributed by atoms with van der Waals surface area (Å²) in [5, 5.41) is 89.1. The molecule has 0 amide bonds. The standard InChI is InChI=1S/C36H30O16/c37-20-6-1-16(11-24(20)41)13-27(34(45)46)50-29(44)10-5-18-3-9-23(40)33-30(18)31(32(52-33)19-4-8-22(39)26(43)15-19)36(49)51-28(35(47)48)14-17-2-7-21(38)25(42)12-17/h1-12,15,27-28,31-32,37-43H,13-14H2,(H,45,46)(H,47,48)/b10-5+/t27-,28?,31?,32?/m1/s1. The molecule has 0 aromatic heterocycles. The Morgan fingerprint density at radius 1 is 0.635 bits per heavy atom. The van der Waals surface area contributed by atoms with Crippen molar-refractivity contribution in [2.45, 2.75) is 37.1 Å². The maximum atomic E-state index is 13.9. The first-order chi connectivity index (χ1) is 24.6. The van der Waals surface area contributed by atoms with Crippen LogP contribution in [-0.4, -0.2) is 82.0 Å². The lowest BCUT2D eigenvalue weighted by molar-refractivity contribution is -0.166. The summed E-state index contributed by atoms with van der Waals surface area (Å²) in [5.41, 5.74) is 0.445. The van der Waals surface area contributed by atoms with Gasteiger partial charge in [0.25, 0.3) is 0 Å². The average Bonchev–Trinajstić information content (AvgIpc) is 3.50. The van der Waals surface area contributed by atoms with Crippen LogP contribution in [0.15, 0.2) is 72.8 Å². The van der Waals surface area contributed by atoms with E-state index in [2.05, 4.69) is 0 Å². The van der Waals surface area contributed by atoms with E-state index in [4.69, 9.17) is 14.2 Å². The first-order valence-corrected chi connectivity index (χ1v) is 15.2. The van der Waals surface area contributed by atoms with Crippen LogP contribution in [0.2, 0.25) is 0 Å². The van der Waals surface area contributed by atoms with Crippen LogP contribution in [0, 0.1) is 0 Å². The fourth-order valence-corrected chi connectivity index (χ4v) is 5.49. The molecule has 0 saturated heterocycles. The Labute approximate surface area is 292 Å². The van der Waals surface area contributed by atoms with Gasteiger partial charge in [-0.2, -0.15) is 0 Å². The fraction of sp³-hybridized carbons (Fsp3) is 0.167. The number of benzene rings is 4. The maximum Gasteiger partial charge on any atom is 0.345 e. The zero-order chi connectivity index (χ0) is 37.9. The summed E-state index contributed by atoms with van der Waals surface area (Å²) < 4.78 is 16.5. The molecule has 0 saturated carbocycles. The van der Waals surface area contributed by atoms with Crippen LogP contribution >= 0.6 is 0 Å². The Hall–Kier alpha value is -7.10. The van der Waals surface area contributed by atoms with Crippen LogP contribution in [0.3, 0.4) is 0 Å². The number of esters is 2. The second kappa shape index (κ2) is 14.8. The first kappa shape index (κ1) is 36.2. The maximum absolute atomic E-state index is 13.9. The number of aliphatic carboxylic acids is 2. The van der Waals surface area contributed by atoms with Gasteiger partial charge < -0.3 is 60.2 Å². The van der Waals surface area contributed by atoms with Crippen LogP contribution in [0.25, 0.3) is 6.08 Å². The number of carboxylic acid groups (broad SMARTS) is 2. The van der Waals surface area contributed by atoms with Crippen molar-refractivity contribution in [1.29, 1.82) is 0 Å². The molecule has 0 bridgehead atoms. The molecule has 4 atom stereocenters. The van der Waals surface area contributed by atoms with E-state index < -0.39 is 94.8 Å². The SMILES string of the molecule is O=C(/C=C/c1ccc(O)c2c1C(C(=O)OC(Cc1ccc(O)c(O)c1)C(=O)O)C(c1ccc(O)c(O)c1)O2)O[C@H](Cc1ccc(O)c(O)c1)C(=O)O. The Bertz CT molecular complexity index is 2090. The molecule has 52 heavy (non-hydrogen) atoms. The Morgan fingerprint density at radius 2 is 1.13 bits per heavy atom. The topological polar surface area (TPSA) is 278 Å². The highest BCUT2D eigenvalue weighted by molar-refractivity contribution is 5.92. The molecular weight excluding hydrogens is 688 g/mol. The minimum absolute atomic E-state index is 0.0443. The van der Waals surface area contributed by atoms with Crippen molar-refractivity contribution in [1.82, 2.24) is 0 Å². The summed E-state index contributed by atoms with van der Waals surface area (Å²) in [4.78, 5) is 50.9. The molecule has 9 N–H and O–H groups in total. The molecular formula is C36H30O16. The van der Waals surface area contributed by atoms with Crippen LogP contribution in [0.4, 0.5) is 0 Å². The van der Waals surface area contributed by atoms with Crippen molar-refractivity contribution in [3.63, 3.8) is 0 Å². The third kappa shape index (κ3) is 7.86. The van der Waals surface area contributed by atoms with E-state index in [-0.39, 0.29) is 40.0 Å².